The molecular weight excluding hydrogens is 382 g/mol. The van der Waals surface area contributed by atoms with Crippen molar-refractivity contribution in [3.05, 3.63) is 64.6 Å². The first-order valence-corrected chi connectivity index (χ1v) is 8.76. The van der Waals surface area contributed by atoms with Crippen molar-refractivity contribution < 1.29 is 9.59 Å². The third-order valence-corrected chi connectivity index (χ3v) is 4.35. The summed E-state index contributed by atoms with van der Waals surface area (Å²) in [5, 5.41) is 2.80. The zero-order valence-electron chi connectivity index (χ0n) is 14.4. The van der Waals surface area contributed by atoms with Crippen LogP contribution < -0.4 is 5.32 Å². The van der Waals surface area contributed by atoms with E-state index in [2.05, 4.69) is 21.2 Å². The standard InChI is InChI=1S/C19H22BrN3O2/c1-22(12-15-8-4-3-5-9-15)14-19(25)23(2)13-18(24)21-17-11-7-6-10-16(17)20/h3-11H,12-14H2,1-2H3,(H,21,24). The maximum atomic E-state index is 12.3. The van der Waals surface area contributed by atoms with Crippen molar-refractivity contribution in [2.75, 3.05) is 32.5 Å². The molecule has 0 atom stereocenters. The summed E-state index contributed by atoms with van der Waals surface area (Å²) in [6, 6.07) is 17.3. The molecule has 0 aliphatic rings. The second-order valence-electron chi connectivity index (χ2n) is 5.94. The van der Waals surface area contributed by atoms with E-state index in [1.807, 2.05) is 60.5 Å². The molecule has 132 valence electrons. The predicted octanol–water partition coefficient (Wildman–Crippen LogP) is 2.98. The summed E-state index contributed by atoms with van der Waals surface area (Å²) in [5.74, 6) is -0.325. The molecule has 0 bridgehead atoms. The Hall–Kier alpha value is -2.18. The lowest BCUT2D eigenvalue weighted by molar-refractivity contribution is -0.134. The Morgan fingerprint density at radius 3 is 2.28 bits per heavy atom. The summed E-state index contributed by atoms with van der Waals surface area (Å²) >= 11 is 3.38. The van der Waals surface area contributed by atoms with Crippen LogP contribution in [0.4, 0.5) is 5.69 Å². The number of nitrogens with one attached hydrogen (secondary N) is 1. The zero-order valence-corrected chi connectivity index (χ0v) is 16.0. The maximum absolute atomic E-state index is 12.3. The van der Waals surface area contributed by atoms with Gasteiger partial charge in [-0.15, -0.1) is 0 Å². The first kappa shape index (κ1) is 19.1. The van der Waals surface area contributed by atoms with Gasteiger partial charge in [0.15, 0.2) is 0 Å². The lowest BCUT2D eigenvalue weighted by Gasteiger charge is -2.21. The van der Waals surface area contributed by atoms with Gasteiger partial charge in [0.05, 0.1) is 18.8 Å². The second-order valence-corrected chi connectivity index (χ2v) is 6.79. The molecule has 2 aromatic carbocycles. The van der Waals surface area contributed by atoms with Crippen LogP contribution in [0.2, 0.25) is 0 Å². The normalized spacial score (nSPS) is 10.6. The van der Waals surface area contributed by atoms with Crippen molar-refractivity contribution in [2.45, 2.75) is 6.54 Å². The maximum Gasteiger partial charge on any atom is 0.244 e. The van der Waals surface area contributed by atoms with Crippen molar-refractivity contribution >= 4 is 33.4 Å². The number of rotatable bonds is 7. The minimum absolute atomic E-state index is 0.0132. The Morgan fingerprint density at radius 1 is 0.960 bits per heavy atom. The van der Waals surface area contributed by atoms with Crippen molar-refractivity contribution in [2.24, 2.45) is 0 Å². The van der Waals surface area contributed by atoms with Crippen LogP contribution in [-0.4, -0.2) is 48.8 Å². The highest BCUT2D eigenvalue weighted by Gasteiger charge is 2.15. The van der Waals surface area contributed by atoms with Crippen LogP contribution in [0.3, 0.4) is 0 Å². The molecule has 0 aliphatic heterocycles. The topological polar surface area (TPSA) is 52.7 Å². The first-order chi connectivity index (χ1) is 12.0. The SMILES string of the molecule is CN(CC(=O)N(C)CC(=O)Nc1ccccc1Br)Cc1ccccc1. The highest BCUT2D eigenvalue weighted by atomic mass is 79.9. The number of para-hydroxylation sites is 1. The lowest BCUT2D eigenvalue weighted by Crippen LogP contribution is -2.40. The number of nitrogens with zero attached hydrogens (tertiary/aromatic N) is 2. The Balaban J connectivity index is 1.81. The molecule has 0 aromatic heterocycles. The Kier molecular flexibility index (Phi) is 7.16. The first-order valence-electron chi connectivity index (χ1n) is 7.96. The van der Waals surface area contributed by atoms with Gasteiger partial charge in [-0.2, -0.15) is 0 Å². The molecular formula is C19H22BrN3O2. The number of amides is 2. The van der Waals surface area contributed by atoms with Crippen molar-refractivity contribution in [1.82, 2.24) is 9.80 Å². The van der Waals surface area contributed by atoms with Gasteiger partial charge in [-0.25, -0.2) is 0 Å². The Labute approximate surface area is 156 Å². The van der Waals surface area contributed by atoms with Gasteiger partial charge >= 0.3 is 0 Å². The average molecular weight is 404 g/mol. The zero-order chi connectivity index (χ0) is 18.2. The van der Waals surface area contributed by atoms with Gasteiger partial charge in [-0.05, 0) is 40.7 Å². The third-order valence-electron chi connectivity index (χ3n) is 3.65. The van der Waals surface area contributed by atoms with Crippen LogP contribution in [0.15, 0.2) is 59.1 Å². The van der Waals surface area contributed by atoms with E-state index >= 15 is 0 Å². The summed E-state index contributed by atoms with van der Waals surface area (Å²) in [4.78, 5) is 27.8. The molecule has 0 heterocycles. The third kappa shape index (κ3) is 6.32. The molecule has 2 amide bonds. The number of carbonyl (C=O) groups excluding carboxylic acids is 2. The molecule has 2 rings (SSSR count). The molecule has 0 aliphatic carbocycles. The molecule has 0 fully saturated rings. The van der Waals surface area contributed by atoms with Gasteiger partial charge in [0, 0.05) is 18.1 Å². The fourth-order valence-electron chi connectivity index (χ4n) is 2.36. The summed E-state index contributed by atoms with van der Waals surface area (Å²) in [7, 11) is 3.53. The van der Waals surface area contributed by atoms with Gasteiger partial charge in [0.25, 0.3) is 0 Å². The van der Waals surface area contributed by atoms with Crippen molar-refractivity contribution in [3.8, 4) is 0 Å². The largest absolute Gasteiger partial charge is 0.335 e. The van der Waals surface area contributed by atoms with E-state index in [1.54, 1.807) is 13.1 Å². The van der Waals surface area contributed by atoms with Crippen LogP contribution in [-0.2, 0) is 16.1 Å². The van der Waals surface area contributed by atoms with Gasteiger partial charge < -0.3 is 10.2 Å². The van der Waals surface area contributed by atoms with E-state index in [4.69, 9.17) is 0 Å². The molecule has 0 unspecified atom stereocenters. The molecule has 1 N–H and O–H groups in total. The van der Waals surface area contributed by atoms with E-state index in [9.17, 15) is 9.59 Å². The monoisotopic (exact) mass is 403 g/mol. The van der Waals surface area contributed by atoms with Crippen LogP contribution in [0.5, 0.6) is 0 Å². The quantitative estimate of drug-likeness (QED) is 0.772. The van der Waals surface area contributed by atoms with Crippen LogP contribution in [0, 0.1) is 0 Å². The van der Waals surface area contributed by atoms with E-state index in [1.165, 1.54) is 4.90 Å². The summed E-state index contributed by atoms with van der Waals surface area (Å²) in [6.45, 7) is 0.955. The molecule has 5 nitrogen and oxygen atoms in total. The predicted molar refractivity (Wildman–Crippen MR) is 103 cm³/mol. The number of halogens is 1. The minimum atomic E-state index is -0.228. The number of hydrogen-bond donors (Lipinski definition) is 1. The fraction of sp³-hybridized carbons (Fsp3) is 0.263. The van der Waals surface area contributed by atoms with E-state index in [0.29, 0.717) is 12.2 Å². The molecule has 0 spiro atoms. The molecule has 6 heteroatoms. The number of anilines is 1. The number of benzene rings is 2. The van der Waals surface area contributed by atoms with E-state index in [-0.39, 0.29) is 24.9 Å². The summed E-state index contributed by atoms with van der Waals surface area (Å²) in [5.41, 5.74) is 1.83. The number of likely N-dealkylation sites (N-methyl/N-ethyl adjacent to an activating group) is 2. The minimum Gasteiger partial charge on any atom is -0.335 e. The van der Waals surface area contributed by atoms with Crippen LogP contribution in [0.1, 0.15) is 5.56 Å². The molecule has 0 saturated heterocycles. The van der Waals surface area contributed by atoms with Gasteiger partial charge in [0.2, 0.25) is 11.8 Å². The van der Waals surface area contributed by atoms with Gasteiger partial charge in [-0.3, -0.25) is 14.5 Å². The highest BCUT2D eigenvalue weighted by Crippen LogP contribution is 2.20. The van der Waals surface area contributed by atoms with Crippen molar-refractivity contribution in [1.29, 1.82) is 0 Å². The van der Waals surface area contributed by atoms with Crippen molar-refractivity contribution in [3.63, 3.8) is 0 Å². The Bertz CT molecular complexity index is 722. The molecule has 2 aromatic rings. The van der Waals surface area contributed by atoms with Crippen LogP contribution in [0.25, 0.3) is 0 Å². The second kappa shape index (κ2) is 9.34. The molecule has 0 radical (unpaired) electrons. The number of carbonyl (C=O) groups is 2. The van der Waals surface area contributed by atoms with Crippen LogP contribution >= 0.6 is 15.9 Å². The average Bonchev–Trinajstić information content (AvgIpc) is 2.57. The molecule has 0 saturated carbocycles. The smallest absolute Gasteiger partial charge is 0.244 e. The summed E-state index contributed by atoms with van der Waals surface area (Å²) < 4.78 is 0.805. The van der Waals surface area contributed by atoms with Gasteiger partial charge in [-0.1, -0.05) is 42.5 Å². The lowest BCUT2D eigenvalue weighted by atomic mass is 10.2. The van der Waals surface area contributed by atoms with E-state index in [0.717, 1.165) is 10.0 Å². The Morgan fingerprint density at radius 2 is 1.60 bits per heavy atom. The molecule has 25 heavy (non-hydrogen) atoms. The van der Waals surface area contributed by atoms with Gasteiger partial charge in [0.1, 0.15) is 0 Å². The van der Waals surface area contributed by atoms with E-state index < -0.39 is 0 Å². The summed E-state index contributed by atoms with van der Waals surface area (Å²) in [6.07, 6.45) is 0. The fourth-order valence-corrected chi connectivity index (χ4v) is 2.74. The highest BCUT2D eigenvalue weighted by molar-refractivity contribution is 9.10. The number of hydrogen-bond acceptors (Lipinski definition) is 3.